The van der Waals surface area contributed by atoms with Gasteiger partial charge in [-0.1, -0.05) is 18.5 Å². The molecule has 3 aromatic rings. The zero-order valence-electron chi connectivity index (χ0n) is 23.6. The number of nitrogen functional groups attached to an aromatic ring is 1. The fourth-order valence-electron chi connectivity index (χ4n) is 5.82. The molecule has 1 aliphatic heterocycles. The van der Waals surface area contributed by atoms with Crippen molar-refractivity contribution in [3.63, 3.8) is 0 Å². The Hall–Kier alpha value is -2.33. The number of benzene rings is 1. The van der Waals surface area contributed by atoms with Gasteiger partial charge in [-0.15, -0.1) is 11.3 Å². The third-order valence-corrected chi connectivity index (χ3v) is 9.10. The SMILES string of the molecule is CCCN(CCN1CCN(c2ccc3c(ccn3C(=O)OC(C)(C)C)c2Cl)CC1)[C@H]1CCc2nc(N)sc2C1. The lowest BCUT2D eigenvalue weighted by Crippen LogP contribution is -2.50. The van der Waals surface area contributed by atoms with Crippen LogP contribution >= 0.6 is 22.9 Å². The van der Waals surface area contributed by atoms with Gasteiger partial charge in [0.1, 0.15) is 5.60 Å². The van der Waals surface area contributed by atoms with Crippen molar-refractivity contribution in [2.24, 2.45) is 0 Å². The second-order valence-electron chi connectivity index (χ2n) is 11.7. The van der Waals surface area contributed by atoms with Crippen LogP contribution in [0.5, 0.6) is 0 Å². The lowest BCUT2D eigenvalue weighted by molar-refractivity contribution is 0.0544. The Labute approximate surface area is 240 Å². The van der Waals surface area contributed by atoms with Gasteiger partial charge >= 0.3 is 6.09 Å². The number of rotatable bonds is 7. The van der Waals surface area contributed by atoms with Crippen LogP contribution in [-0.4, -0.2) is 82.9 Å². The summed E-state index contributed by atoms with van der Waals surface area (Å²) in [6, 6.07) is 6.49. The number of hydrogen-bond donors (Lipinski definition) is 1. The van der Waals surface area contributed by atoms with Crippen molar-refractivity contribution in [2.75, 3.05) is 56.4 Å². The van der Waals surface area contributed by atoms with Crippen LogP contribution in [0, 0.1) is 0 Å². The Bertz CT molecular complexity index is 1310. The summed E-state index contributed by atoms with van der Waals surface area (Å²) in [5, 5.41) is 2.27. The smallest absolute Gasteiger partial charge is 0.418 e. The molecular weight excluding hydrogens is 532 g/mol. The molecule has 1 saturated heterocycles. The van der Waals surface area contributed by atoms with Crippen LogP contribution in [0.1, 0.15) is 51.1 Å². The van der Waals surface area contributed by atoms with Gasteiger partial charge < -0.3 is 15.4 Å². The van der Waals surface area contributed by atoms with E-state index in [4.69, 9.17) is 22.1 Å². The summed E-state index contributed by atoms with van der Waals surface area (Å²) in [7, 11) is 0. The van der Waals surface area contributed by atoms with E-state index in [2.05, 4.69) is 26.6 Å². The van der Waals surface area contributed by atoms with E-state index in [-0.39, 0.29) is 0 Å². The Morgan fingerprint density at radius 3 is 2.69 bits per heavy atom. The van der Waals surface area contributed by atoms with Crippen LogP contribution in [0.3, 0.4) is 0 Å². The fourth-order valence-corrected chi connectivity index (χ4v) is 7.11. The number of aromatic nitrogens is 2. The molecule has 1 aliphatic carbocycles. The number of anilines is 2. The highest BCUT2D eigenvalue weighted by atomic mass is 35.5. The van der Waals surface area contributed by atoms with E-state index in [1.807, 2.05) is 39.0 Å². The van der Waals surface area contributed by atoms with Gasteiger partial charge in [0, 0.05) is 61.8 Å². The van der Waals surface area contributed by atoms with Crippen LogP contribution in [-0.2, 0) is 17.6 Å². The highest BCUT2D eigenvalue weighted by molar-refractivity contribution is 7.15. The number of nitrogens with zero attached hydrogens (tertiary/aromatic N) is 5. The summed E-state index contributed by atoms with van der Waals surface area (Å²) in [6.07, 6.45) is 5.80. The zero-order valence-corrected chi connectivity index (χ0v) is 25.2. The average Bonchev–Trinajstić information content (AvgIpc) is 3.49. The number of carbonyl (C=O) groups is 1. The maximum atomic E-state index is 12.6. The van der Waals surface area contributed by atoms with Crippen molar-refractivity contribution in [1.29, 1.82) is 0 Å². The summed E-state index contributed by atoms with van der Waals surface area (Å²) < 4.78 is 7.09. The number of halogens is 1. The number of nitrogens with two attached hydrogens (primary N) is 1. The molecule has 2 N–H and O–H groups in total. The highest BCUT2D eigenvalue weighted by Crippen LogP contribution is 2.35. The van der Waals surface area contributed by atoms with Crippen molar-refractivity contribution in [3.8, 4) is 0 Å². The number of hydrogen-bond acceptors (Lipinski definition) is 8. The second kappa shape index (κ2) is 11.6. The molecule has 0 bridgehead atoms. The molecule has 1 aromatic carbocycles. The first-order valence-electron chi connectivity index (χ1n) is 14.1. The molecule has 2 aliphatic rings. The predicted octanol–water partition coefficient (Wildman–Crippen LogP) is 5.51. The van der Waals surface area contributed by atoms with Crippen molar-refractivity contribution in [1.82, 2.24) is 19.4 Å². The normalized spacial score (nSPS) is 18.6. The summed E-state index contributed by atoms with van der Waals surface area (Å²) in [4.78, 5) is 26.2. The largest absolute Gasteiger partial charge is 0.443 e. The predicted molar refractivity (Wildman–Crippen MR) is 161 cm³/mol. The topological polar surface area (TPSA) is 79.9 Å². The number of ether oxygens (including phenoxy) is 1. The van der Waals surface area contributed by atoms with Crippen LogP contribution in [0.4, 0.5) is 15.6 Å². The van der Waals surface area contributed by atoms with Gasteiger partial charge in [0.15, 0.2) is 5.13 Å². The summed E-state index contributed by atoms with van der Waals surface area (Å²) in [5.74, 6) is 0. The minimum Gasteiger partial charge on any atom is -0.443 e. The molecule has 212 valence electrons. The van der Waals surface area contributed by atoms with Crippen LogP contribution in [0.2, 0.25) is 5.02 Å². The van der Waals surface area contributed by atoms with Gasteiger partial charge in [0.25, 0.3) is 0 Å². The number of carbonyl (C=O) groups excluding carboxylic acids is 1. The Morgan fingerprint density at radius 1 is 1.21 bits per heavy atom. The lowest BCUT2D eigenvalue weighted by Gasteiger charge is -2.39. The fraction of sp³-hybridized carbons (Fsp3) is 0.586. The first-order chi connectivity index (χ1) is 18.6. The molecule has 0 saturated carbocycles. The van der Waals surface area contributed by atoms with Crippen LogP contribution in [0.25, 0.3) is 10.9 Å². The Kier molecular flexibility index (Phi) is 8.42. The molecule has 0 amide bonds. The van der Waals surface area contributed by atoms with Gasteiger partial charge in [-0.2, -0.15) is 0 Å². The van der Waals surface area contributed by atoms with Crippen molar-refractivity contribution in [2.45, 2.75) is 65.0 Å². The minimum absolute atomic E-state index is 0.392. The summed E-state index contributed by atoms with van der Waals surface area (Å²) >= 11 is 8.55. The molecule has 0 unspecified atom stereocenters. The molecule has 8 nitrogen and oxygen atoms in total. The number of aryl methyl sites for hydroxylation is 1. The zero-order chi connectivity index (χ0) is 27.7. The minimum atomic E-state index is -0.555. The van der Waals surface area contributed by atoms with E-state index in [0.29, 0.717) is 16.2 Å². The van der Waals surface area contributed by atoms with Crippen molar-refractivity contribution < 1.29 is 9.53 Å². The third-order valence-electron chi connectivity index (χ3n) is 7.75. The van der Waals surface area contributed by atoms with Gasteiger partial charge in [-0.3, -0.25) is 14.4 Å². The van der Waals surface area contributed by atoms with E-state index in [0.717, 1.165) is 75.2 Å². The highest BCUT2D eigenvalue weighted by Gasteiger charge is 2.28. The molecular formula is C29H41ClN6O2S. The Morgan fingerprint density at radius 2 is 1.97 bits per heavy atom. The first kappa shape index (κ1) is 28.2. The maximum absolute atomic E-state index is 12.6. The molecule has 5 rings (SSSR count). The number of thiazole rings is 1. The number of piperazine rings is 1. The monoisotopic (exact) mass is 572 g/mol. The van der Waals surface area contributed by atoms with Crippen molar-refractivity contribution >= 4 is 50.8 Å². The Balaban J connectivity index is 1.18. The molecule has 39 heavy (non-hydrogen) atoms. The van der Waals surface area contributed by atoms with Crippen molar-refractivity contribution in [3.05, 3.63) is 40.0 Å². The summed E-state index contributed by atoms with van der Waals surface area (Å²) in [5.41, 5.74) is 8.43. The summed E-state index contributed by atoms with van der Waals surface area (Å²) in [6.45, 7) is 15.0. The van der Waals surface area contributed by atoms with Crippen LogP contribution in [0.15, 0.2) is 24.4 Å². The molecule has 0 radical (unpaired) electrons. The molecule has 1 atom stereocenters. The molecule has 0 spiro atoms. The average molecular weight is 573 g/mol. The molecule has 1 fully saturated rings. The number of fused-ring (bicyclic) bond motifs is 2. The van der Waals surface area contributed by atoms with E-state index >= 15 is 0 Å². The second-order valence-corrected chi connectivity index (χ2v) is 13.2. The maximum Gasteiger partial charge on any atom is 0.418 e. The molecule has 10 heteroatoms. The first-order valence-corrected chi connectivity index (χ1v) is 15.3. The van der Waals surface area contributed by atoms with Gasteiger partial charge in [0.05, 0.1) is 21.9 Å². The lowest BCUT2D eigenvalue weighted by atomic mass is 9.96. The van der Waals surface area contributed by atoms with E-state index < -0.39 is 11.7 Å². The van der Waals surface area contributed by atoms with E-state index in [9.17, 15) is 4.79 Å². The third kappa shape index (κ3) is 6.37. The molecule has 2 aromatic heterocycles. The van der Waals surface area contributed by atoms with E-state index in [1.165, 1.54) is 28.0 Å². The van der Waals surface area contributed by atoms with Gasteiger partial charge in [-0.05, 0) is 71.2 Å². The molecule has 3 heterocycles. The van der Waals surface area contributed by atoms with E-state index in [1.54, 1.807) is 17.5 Å². The standard InChI is InChI=1S/C29H41ClN6O2S/c1-5-11-34(20-6-7-22-25(19-20)39-27(31)32-22)16-13-33-14-17-35(18-15-33)24-9-8-23-21(26(24)30)10-12-36(23)28(37)38-29(2,3)4/h8-10,12,20H,5-7,11,13-19H2,1-4H3,(H2,31,32)/t20-/m0/s1. The van der Waals surface area contributed by atoms with Gasteiger partial charge in [0.2, 0.25) is 0 Å². The van der Waals surface area contributed by atoms with Crippen LogP contribution < -0.4 is 10.6 Å². The quantitative estimate of drug-likeness (QED) is 0.400. The van der Waals surface area contributed by atoms with Gasteiger partial charge in [-0.25, -0.2) is 9.78 Å².